The molecule has 4 rings (SSSR count). The van der Waals surface area contributed by atoms with Gasteiger partial charge in [0, 0.05) is 5.56 Å². The predicted octanol–water partition coefficient (Wildman–Crippen LogP) is 7.41. The van der Waals surface area contributed by atoms with Gasteiger partial charge in [-0.3, -0.25) is 0 Å². The number of aromatic hydroxyl groups is 1. The van der Waals surface area contributed by atoms with E-state index in [1.54, 1.807) is 23.5 Å². The number of fused-ring (bicyclic) bond motifs is 1. The van der Waals surface area contributed by atoms with Gasteiger partial charge in [-0.2, -0.15) is 18.3 Å². The van der Waals surface area contributed by atoms with E-state index >= 15 is 0 Å². The number of aryl methyl sites for hydroxylation is 1. The smallest absolute Gasteiger partial charge is 0.416 e. The molecule has 0 aliphatic rings. The van der Waals surface area contributed by atoms with Crippen LogP contribution in [0, 0.1) is 6.92 Å². The van der Waals surface area contributed by atoms with Crippen molar-refractivity contribution in [1.82, 2.24) is 4.98 Å². The number of rotatable bonds is 3. The molecule has 146 valence electrons. The molecule has 0 bridgehead atoms. The number of benzene rings is 3. The molecule has 1 heterocycles. The largest absolute Gasteiger partial charge is 0.506 e. The Morgan fingerprint density at radius 2 is 1.69 bits per heavy atom. The van der Waals surface area contributed by atoms with E-state index in [1.807, 2.05) is 31.2 Å². The van der Waals surface area contributed by atoms with Crippen LogP contribution in [0.15, 0.2) is 70.9 Å². The lowest BCUT2D eigenvalue weighted by Gasteiger charge is -2.07. The average molecular weight is 413 g/mol. The van der Waals surface area contributed by atoms with Gasteiger partial charge >= 0.3 is 6.18 Å². The Bertz CT molecular complexity index is 1210. The molecule has 0 aliphatic carbocycles. The van der Waals surface area contributed by atoms with Crippen LogP contribution in [0.2, 0.25) is 0 Å². The average Bonchev–Trinajstić information content (AvgIpc) is 3.10. The van der Waals surface area contributed by atoms with E-state index in [-0.39, 0.29) is 11.4 Å². The fourth-order valence-electron chi connectivity index (χ4n) is 2.72. The first kappa shape index (κ1) is 19.1. The zero-order chi connectivity index (χ0) is 20.6. The highest BCUT2D eigenvalue weighted by Crippen LogP contribution is 2.37. The van der Waals surface area contributed by atoms with Crippen LogP contribution < -0.4 is 0 Å². The number of nitrogens with zero attached hydrogens (tertiary/aromatic N) is 3. The van der Waals surface area contributed by atoms with Crippen LogP contribution >= 0.6 is 11.3 Å². The van der Waals surface area contributed by atoms with Crippen LogP contribution in [0.5, 0.6) is 5.75 Å². The zero-order valence-corrected chi connectivity index (χ0v) is 15.9. The summed E-state index contributed by atoms with van der Waals surface area (Å²) in [4.78, 5) is 4.62. The SMILES string of the molecule is Cc1ccc2nc(-c3ccc(/N=N/c4cc(C(F)(F)F)ccc4O)cc3)sc2c1. The van der Waals surface area contributed by atoms with E-state index in [9.17, 15) is 18.3 Å². The summed E-state index contributed by atoms with van der Waals surface area (Å²) in [5.74, 6) is -0.372. The van der Waals surface area contributed by atoms with Gasteiger partial charge in [-0.25, -0.2) is 4.98 Å². The number of alkyl halides is 3. The van der Waals surface area contributed by atoms with Crippen molar-refractivity contribution in [3.8, 4) is 16.3 Å². The van der Waals surface area contributed by atoms with Crippen molar-refractivity contribution in [2.75, 3.05) is 0 Å². The highest BCUT2D eigenvalue weighted by Gasteiger charge is 2.31. The predicted molar refractivity (Wildman–Crippen MR) is 107 cm³/mol. The minimum atomic E-state index is -4.52. The van der Waals surface area contributed by atoms with Crippen LogP contribution in [0.1, 0.15) is 11.1 Å². The molecule has 0 atom stereocenters. The standard InChI is InChI=1S/C21H14F3N3OS/c1-12-2-8-16-19(10-12)29-20(25-16)13-3-6-15(7-4-13)26-27-17-11-14(21(22,23)24)5-9-18(17)28/h2-11,28H,1H3/b27-26+. The molecule has 3 aromatic carbocycles. The molecule has 0 saturated carbocycles. The van der Waals surface area contributed by atoms with Gasteiger partial charge in [-0.1, -0.05) is 6.07 Å². The van der Waals surface area contributed by atoms with Crippen LogP contribution in [-0.4, -0.2) is 10.1 Å². The molecule has 0 amide bonds. The Morgan fingerprint density at radius 1 is 0.931 bits per heavy atom. The summed E-state index contributed by atoms with van der Waals surface area (Å²) in [5, 5.41) is 18.3. The Hall–Kier alpha value is -3.26. The molecular formula is C21H14F3N3OS. The number of phenolic OH excluding ortho intramolecular Hbond substituents is 1. The molecule has 0 fully saturated rings. The normalized spacial score (nSPS) is 12.1. The number of thiazole rings is 1. The molecule has 1 N–H and O–H groups in total. The molecule has 0 saturated heterocycles. The number of aromatic nitrogens is 1. The molecule has 0 unspecified atom stereocenters. The van der Waals surface area contributed by atoms with Gasteiger partial charge in [0.2, 0.25) is 0 Å². The van der Waals surface area contributed by atoms with Crippen molar-refractivity contribution >= 4 is 32.9 Å². The highest BCUT2D eigenvalue weighted by atomic mass is 32.1. The number of phenols is 1. The number of hydrogen-bond donors (Lipinski definition) is 1. The lowest BCUT2D eigenvalue weighted by Crippen LogP contribution is -2.03. The van der Waals surface area contributed by atoms with E-state index in [0.29, 0.717) is 5.69 Å². The Labute approximate surface area is 168 Å². The molecule has 0 spiro atoms. The second-order valence-electron chi connectivity index (χ2n) is 6.44. The van der Waals surface area contributed by atoms with Gasteiger partial charge in [-0.15, -0.1) is 16.5 Å². The maximum atomic E-state index is 12.8. The van der Waals surface area contributed by atoms with Gasteiger partial charge < -0.3 is 5.11 Å². The Kier molecular flexibility index (Phi) is 4.79. The van der Waals surface area contributed by atoms with Crippen molar-refractivity contribution in [2.45, 2.75) is 13.1 Å². The molecule has 0 aliphatic heterocycles. The third-order valence-electron chi connectivity index (χ3n) is 4.23. The number of hydrogen-bond acceptors (Lipinski definition) is 5. The van der Waals surface area contributed by atoms with Crippen molar-refractivity contribution in [1.29, 1.82) is 0 Å². The van der Waals surface area contributed by atoms with Gasteiger partial charge in [0.05, 0.1) is 21.5 Å². The quantitative estimate of drug-likeness (QED) is 0.356. The van der Waals surface area contributed by atoms with E-state index in [4.69, 9.17) is 0 Å². The van der Waals surface area contributed by atoms with Crippen LogP contribution in [-0.2, 0) is 6.18 Å². The molecular weight excluding hydrogens is 399 g/mol. The fraction of sp³-hybridized carbons (Fsp3) is 0.0952. The van der Waals surface area contributed by atoms with Crippen molar-refractivity contribution < 1.29 is 18.3 Å². The first-order valence-corrected chi connectivity index (χ1v) is 9.41. The highest BCUT2D eigenvalue weighted by molar-refractivity contribution is 7.21. The molecule has 0 radical (unpaired) electrons. The van der Waals surface area contributed by atoms with E-state index in [1.165, 1.54) is 5.56 Å². The lowest BCUT2D eigenvalue weighted by molar-refractivity contribution is -0.137. The summed E-state index contributed by atoms with van der Waals surface area (Å²) in [7, 11) is 0. The van der Waals surface area contributed by atoms with Crippen molar-refractivity contribution in [3.05, 3.63) is 71.8 Å². The van der Waals surface area contributed by atoms with E-state index in [2.05, 4.69) is 21.3 Å². The minimum absolute atomic E-state index is 0.245. The summed E-state index contributed by atoms with van der Waals surface area (Å²) in [6, 6.07) is 15.6. The monoisotopic (exact) mass is 413 g/mol. The Balaban J connectivity index is 1.58. The number of halogens is 3. The first-order chi connectivity index (χ1) is 13.8. The van der Waals surface area contributed by atoms with Gasteiger partial charge in [0.1, 0.15) is 16.4 Å². The summed E-state index contributed by atoms with van der Waals surface area (Å²) in [6.07, 6.45) is -4.52. The lowest BCUT2D eigenvalue weighted by atomic mass is 10.2. The van der Waals surface area contributed by atoms with Gasteiger partial charge in [-0.05, 0) is 67.1 Å². The zero-order valence-electron chi connectivity index (χ0n) is 15.1. The minimum Gasteiger partial charge on any atom is -0.506 e. The summed E-state index contributed by atoms with van der Waals surface area (Å²) < 4.78 is 39.5. The Morgan fingerprint density at radius 3 is 2.41 bits per heavy atom. The second-order valence-corrected chi connectivity index (χ2v) is 7.47. The molecule has 8 heteroatoms. The molecule has 4 aromatic rings. The van der Waals surface area contributed by atoms with Crippen LogP contribution in [0.4, 0.5) is 24.5 Å². The third-order valence-corrected chi connectivity index (χ3v) is 5.30. The summed E-state index contributed by atoms with van der Waals surface area (Å²) >= 11 is 1.58. The fourth-order valence-corrected chi connectivity index (χ4v) is 3.79. The number of azo groups is 1. The maximum Gasteiger partial charge on any atom is 0.416 e. The van der Waals surface area contributed by atoms with Gasteiger partial charge in [0.15, 0.2) is 0 Å². The summed E-state index contributed by atoms with van der Waals surface area (Å²) in [5.41, 5.74) is 2.31. The van der Waals surface area contributed by atoms with Crippen molar-refractivity contribution in [2.24, 2.45) is 10.2 Å². The van der Waals surface area contributed by atoms with E-state index in [0.717, 1.165) is 39.0 Å². The topological polar surface area (TPSA) is 57.8 Å². The van der Waals surface area contributed by atoms with Crippen LogP contribution in [0.25, 0.3) is 20.8 Å². The van der Waals surface area contributed by atoms with E-state index < -0.39 is 11.7 Å². The first-order valence-electron chi connectivity index (χ1n) is 8.59. The maximum absolute atomic E-state index is 12.8. The van der Waals surface area contributed by atoms with Gasteiger partial charge in [0.25, 0.3) is 0 Å². The third kappa shape index (κ3) is 4.12. The second kappa shape index (κ2) is 7.29. The molecule has 1 aromatic heterocycles. The van der Waals surface area contributed by atoms with Crippen molar-refractivity contribution in [3.63, 3.8) is 0 Å². The molecule has 29 heavy (non-hydrogen) atoms. The van der Waals surface area contributed by atoms with Crippen LogP contribution in [0.3, 0.4) is 0 Å². The summed E-state index contributed by atoms with van der Waals surface area (Å²) in [6.45, 7) is 2.03. The molecule has 4 nitrogen and oxygen atoms in total.